The molecule has 0 saturated carbocycles. The van der Waals surface area contributed by atoms with Crippen molar-refractivity contribution in [1.82, 2.24) is 16.0 Å². The van der Waals surface area contributed by atoms with E-state index >= 15 is 0 Å². The first-order chi connectivity index (χ1) is 13.0. The third-order valence-corrected chi connectivity index (χ3v) is 5.23. The number of nitrogens with one attached hydrogen (secondary N) is 3. The summed E-state index contributed by atoms with van der Waals surface area (Å²) in [5, 5.41) is 19.1. The van der Waals surface area contributed by atoms with Crippen LogP contribution < -0.4 is 45.5 Å². The maximum Gasteiger partial charge on any atom is 1.00 e. The smallest absolute Gasteiger partial charge is 1.00 e. The molecule has 7 nitrogen and oxygen atoms in total. The van der Waals surface area contributed by atoms with Gasteiger partial charge in [-0.05, 0) is 23.4 Å². The van der Waals surface area contributed by atoms with E-state index in [0.29, 0.717) is 13.0 Å². The standard InChI is InChI=1S/C19H21N3O4S.Na.H/c23-17(20-9-8-13-7-4-10-27-13)14(11-12-5-2-1-3-6-12)21-18(24)15-16(22-15)19(25)26;;/h1-7,10,14-16,22H,8-9,11H2,(H,20,23)(H,21,24)(H,25,26);;/q;+1;-1/t14-,15-,16-;;/m0../s1. The number of aliphatic carboxylic acids is 1. The van der Waals surface area contributed by atoms with Gasteiger partial charge in [0.2, 0.25) is 11.8 Å². The molecule has 28 heavy (non-hydrogen) atoms. The fourth-order valence-corrected chi connectivity index (χ4v) is 3.50. The van der Waals surface area contributed by atoms with E-state index in [9.17, 15) is 14.4 Å². The predicted molar refractivity (Wildman–Crippen MR) is 103 cm³/mol. The second kappa shape index (κ2) is 10.7. The van der Waals surface area contributed by atoms with E-state index in [1.54, 1.807) is 11.3 Å². The number of benzene rings is 1. The molecule has 0 spiro atoms. The summed E-state index contributed by atoms with van der Waals surface area (Å²) in [6.07, 6.45) is 1.06. The Kier molecular flexibility index (Phi) is 8.65. The third kappa shape index (κ3) is 6.42. The van der Waals surface area contributed by atoms with Crippen molar-refractivity contribution in [3.05, 3.63) is 58.3 Å². The quantitative estimate of drug-likeness (QED) is 0.273. The number of thiophene rings is 1. The zero-order valence-electron chi connectivity index (χ0n) is 16.6. The molecule has 1 aliphatic rings. The Balaban J connectivity index is 0.00000210. The van der Waals surface area contributed by atoms with Crippen LogP contribution in [0.1, 0.15) is 11.9 Å². The Labute approximate surface area is 190 Å². The van der Waals surface area contributed by atoms with Crippen molar-refractivity contribution in [1.29, 1.82) is 0 Å². The number of rotatable bonds is 9. The minimum atomic E-state index is -1.07. The second-order valence-corrected chi connectivity index (χ2v) is 7.36. The van der Waals surface area contributed by atoms with Gasteiger partial charge in [0, 0.05) is 17.8 Å². The number of carboxylic acids is 1. The van der Waals surface area contributed by atoms with Crippen molar-refractivity contribution in [2.24, 2.45) is 0 Å². The summed E-state index contributed by atoms with van der Waals surface area (Å²) in [5.74, 6) is -1.83. The van der Waals surface area contributed by atoms with Gasteiger partial charge in [0.25, 0.3) is 0 Å². The maximum absolute atomic E-state index is 12.6. The molecule has 1 fully saturated rings. The van der Waals surface area contributed by atoms with Crippen LogP contribution in [0.25, 0.3) is 0 Å². The monoisotopic (exact) mass is 411 g/mol. The van der Waals surface area contributed by atoms with Gasteiger partial charge in [-0.3, -0.25) is 19.7 Å². The van der Waals surface area contributed by atoms with Gasteiger partial charge >= 0.3 is 35.5 Å². The van der Waals surface area contributed by atoms with Crippen LogP contribution in [-0.2, 0) is 27.2 Å². The first-order valence-corrected chi connectivity index (χ1v) is 9.56. The minimum Gasteiger partial charge on any atom is -1.00 e. The zero-order valence-corrected chi connectivity index (χ0v) is 18.4. The molecule has 4 N–H and O–H groups in total. The van der Waals surface area contributed by atoms with Crippen LogP contribution in [0.5, 0.6) is 0 Å². The van der Waals surface area contributed by atoms with E-state index in [2.05, 4.69) is 16.0 Å². The summed E-state index contributed by atoms with van der Waals surface area (Å²) in [5.41, 5.74) is 0.912. The van der Waals surface area contributed by atoms with Gasteiger partial charge in [0.15, 0.2) is 0 Å². The SMILES string of the molecule is O=C(NCCc1cccs1)[C@H](Cc1ccccc1)NC(=O)[C@H]1N[C@@H]1C(=O)O.[H-].[Na+]. The van der Waals surface area contributed by atoms with Crippen molar-refractivity contribution >= 4 is 29.1 Å². The van der Waals surface area contributed by atoms with Gasteiger partial charge in [-0.2, -0.15) is 0 Å². The molecule has 3 atom stereocenters. The Hall–Kier alpha value is -1.71. The van der Waals surface area contributed by atoms with Gasteiger partial charge in [-0.25, -0.2) is 0 Å². The number of carbonyl (C=O) groups is 3. The largest absolute Gasteiger partial charge is 1.00 e. The first kappa shape index (κ1) is 22.6. The molecule has 2 amide bonds. The molecule has 1 aromatic carbocycles. The molecule has 2 aromatic rings. The average molecular weight is 411 g/mol. The van der Waals surface area contributed by atoms with E-state index in [1.807, 2.05) is 47.8 Å². The van der Waals surface area contributed by atoms with Crippen LogP contribution in [0.2, 0.25) is 0 Å². The molecule has 1 aliphatic heterocycles. The molecular formula is C19H22N3NaO4S. The number of amides is 2. The molecule has 1 saturated heterocycles. The van der Waals surface area contributed by atoms with Crippen LogP contribution in [0.15, 0.2) is 47.8 Å². The van der Waals surface area contributed by atoms with Gasteiger partial charge in [0.05, 0.1) is 0 Å². The molecule has 0 unspecified atom stereocenters. The molecule has 2 heterocycles. The van der Waals surface area contributed by atoms with E-state index in [0.717, 1.165) is 12.0 Å². The van der Waals surface area contributed by atoms with Crippen molar-refractivity contribution in [2.75, 3.05) is 6.54 Å². The minimum absolute atomic E-state index is 0. The van der Waals surface area contributed by atoms with Crippen molar-refractivity contribution in [3.63, 3.8) is 0 Å². The van der Waals surface area contributed by atoms with E-state index in [4.69, 9.17) is 5.11 Å². The van der Waals surface area contributed by atoms with E-state index in [-0.39, 0.29) is 36.9 Å². The fraction of sp³-hybridized carbons (Fsp3) is 0.316. The molecule has 144 valence electrons. The molecule has 0 radical (unpaired) electrons. The molecule has 9 heteroatoms. The number of hydrogen-bond donors (Lipinski definition) is 4. The Morgan fingerprint density at radius 2 is 1.89 bits per heavy atom. The van der Waals surface area contributed by atoms with Crippen LogP contribution in [-0.4, -0.2) is 47.6 Å². The van der Waals surface area contributed by atoms with E-state index < -0.39 is 30.0 Å². The Bertz CT molecular complexity index is 807. The number of carboxylic acid groups (broad SMARTS) is 1. The molecule has 0 aliphatic carbocycles. The zero-order chi connectivity index (χ0) is 19.2. The first-order valence-electron chi connectivity index (χ1n) is 8.68. The average Bonchev–Trinajstić information content (AvgIpc) is 3.31. The summed E-state index contributed by atoms with van der Waals surface area (Å²) in [6.45, 7) is 0.472. The Morgan fingerprint density at radius 3 is 2.50 bits per heavy atom. The van der Waals surface area contributed by atoms with Crippen LogP contribution in [0.4, 0.5) is 0 Å². The summed E-state index contributed by atoms with van der Waals surface area (Å²) < 4.78 is 0. The van der Waals surface area contributed by atoms with Crippen LogP contribution >= 0.6 is 11.3 Å². The molecular weight excluding hydrogens is 389 g/mol. The Morgan fingerprint density at radius 1 is 1.14 bits per heavy atom. The van der Waals surface area contributed by atoms with Crippen molar-refractivity contribution in [2.45, 2.75) is 31.0 Å². The second-order valence-electron chi connectivity index (χ2n) is 6.33. The normalized spacial score (nSPS) is 18.4. The fourth-order valence-electron chi connectivity index (χ4n) is 2.79. The van der Waals surface area contributed by atoms with Crippen molar-refractivity contribution in [3.8, 4) is 0 Å². The van der Waals surface area contributed by atoms with Gasteiger partial charge in [-0.15, -0.1) is 11.3 Å². The summed E-state index contributed by atoms with van der Waals surface area (Å²) in [6, 6.07) is 10.9. The van der Waals surface area contributed by atoms with Gasteiger partial charge in [-0.1, -0.05) is 36.4 Å². The number of hydrogen-bond acceptors (Lipinski definition) is 5. The molecule has 3 rings (SSSR count). The van der Waals surface area contributed by atoms with Crippen LogP contribution in [0, 0.1) is 0 Å². The summed E-state index contributed by atoms with van der Waals surface area (Å²) in [7, 11) is 0. The number of carbonyl (C=O) groups excluding carboxylic acids is 2. The summed E-state index contributed by atoms with van der Waals surface area (Å²) in [4.78, 5) is 37.0. The molecule has 0 bridgehead atoms. The van der Waals surface area contributed by atoms with Crippen molar-refractivity contribution < 1.29 is 50.5 Å². The topological polar surface area (TPSA) is 117 Å². The van der Waals surface area contributed by atoms with Crippen LogP contribution in [0.3, 0.4) is 0 Å². The maximum atomic E-state index is 12.6. The van der Waals surface area contributed by atoms with Gasteiger partial charge < -0.3 is 17.2 Å². The predicted octanol–water partition coefficient (Wildman–Crippen LogP) is -2.32. The summed E-state index contributed by atoms with van der Waals surface area (Å²) >= 11 is 1.63. The van der Waals surface area contributed by atoms with E-state index in [1.165, 1.54) is 4.88 Å². The van der Waals surface area contributed by atoms with Gasteiger partial charge in [0.1, 0.15) is 18.1 Å². The molecule has 1 aromatic heterocycles. The third-order valence-electron chi connectivity index (χ3n) is 4.30.